The molecule has 0 radical (unpaired) electrons. The van der Waals surface area contributed by atoms with Crippen LogP contribution in [0.15, 0.2) is 23.1 Å². The molecule has 0 atom stereocenters. The molecule has 1 saturated carbocycles. The van der Waals surface area contributed by atoms with Crippen LogP contribution in [-0.4, -0.2) is 51.0 Å². The van der Waals surface area contributed by atoms with Crippen molar-refractivity contribution in [2.45, 2.75) is 37.0 Å². The van der Waals surface area contributed by atoms with Gasteiger partial charge in [-0.2, -0.15) is 0 Å². The summed E-state index contributed by atoms with van der Waals surface area (Å²) in [5.74, 6) is 0.777. The number of sulfonamides is 1. The molecular weight excluding hydrogens is 356 g/mol. The van der Waals surface area contributed by atoms with Crippen molar-refractivity contribution in [1.82, 2.24) is 4.90 Å². The van der Waals surface area contributed by atoms with Crippen molar-refractivity contribution in [3.63, 3.8) is 0 Å². The summed E-state index contributed by atoms with van der Waals surface area (Å²) in [5.41, 5.74) is 0.247. The van der Waals surface area contributed by atoms with E-state index >= 15 is 0 Å². The zero-order chi connectivity index (χ0) is 18.7. The molecule has 2 fully saturated rings. The molecule has 1 aromatic carbocycles. The number of nitrogens with two attached hydrogens (primary N) is 1. The predicted molar refractivity (Wildman–Crippen MR) is 99.7 cm³/mol. The number of hydrogen-bond donors (Lipinski definition) is 1. The minimum Gasteiger partial charge on any atom is -0.363 e. The summed E-state index contributed by atoms with van der Waals surface area (Å²) in [6.07, 6.45) is 6.62. The minimum absolute atomic E-state index is 0.211. The number of hydrogen-bond acceptors (Lipinski definition) is 6. The van der Waals surface area contributed by atoms with Gasteiger partial charge in [-0.3, -0.25) is 15.0 Å². The van der Waals surface area contributed by atoms with E-state index in [0.717, 1.165) is 31.6 Å². The number of benzene rings is 1. The lowest BCUT2D eigenvalue weighted by Gasteiger charge is -2.38. The molecule has 1 aliphatic heterocycles. The minimum atomic E-state index is -3.96. The maximum atomic E-state index is 11.5. The average Bonchev–Trinajstić information content (AvgIpc) is 2.62. The van der Waals surface area contributed by atoms with Gasteiger partial charge < -0.3 is 4.90 Å². The molecule has 0 amide bonds. The monoisotopic (exact) mass is 382 g/mol. The van der Waals surface area contributed by atoms with Crippen LogP contribution in [0.2, 0.25) is 0 Å². The van der Waals surface area contributed by atoms with Gasteiger partial charge >= 0.3 is 0 Å². The molecule has 0 bridgehead atoms. The lowest BCUT2D eigenvalue weighted by molar-refractivity contribution is -0.384. The van der Waals surface area contributed by atoms with Crippen molar-refractivity contribution in [1.29, 1.82) is 0 Å². The van der Waals surface area contributed by atoms with Gasteiger partial charge in [-0.15, -0.1) is 0 Å². The topological polar surface area (TPSA) is 110 Å². The number of anilines is 1. The first-order chi connectivity index (χ1) is 12.3. The molecule has 2 aliphatic rings. The lowest BCUT2D eigenvalue weighted by atomic mass is 9.89. The smallest absolute Gasteiger partial charge is 0.293 e. The lowest BCUT2D eigenvalue weighted by Crippen LogP contribution is -2.48. The van der Waals surface area contributed by atoms with E-state index in [1.807, 2.05) is 4.90 Å². The summed E-state index contributed by atoms with van der Waals surface area (Å²) in [7, 11) is -3.96. The Bertz CT molecular complexity index is 754. The molecule has 9 heteroatoms. The van der Waals surface area contributed by atoms with Gasteiger partial charge in [0.05, 0.1) is 9.82 Å². The zero-order valence-electron chi connectivity index (χ0n) is 14.8. The Hall–Kier alpha value is -1.71. The fourth-order valence-corrected chi connectivity index (χ4v) is 4.53. The van der Waals surface area contributed by atoms with E-state index in [1.165, 1.54) is 44.2 Å². The van der Waals surface area contributed by atoms with Crippen molar-refractivity contribution in [2.24, 2.45) is 11.1 Å². The Balaban J connectivity index is 1.67. The van der Waals surface area contributed by atoms with Gasteiger partial charge in [-0.05, 0) is 30.9 Å². The van der Waals surface area contributed by atoms with Crippen LogP contribution in [0.25, 0.3) is 0 Å². The molecular formula is C17H26N4O4S. The molecule has 1 aromatic rings. The van der Waals surface area contributed by atoms with Gasteiger partial charge in [0.15, 0.2) is 0 Å². The third kappa shape index (κ3) is 4.52. The molecule has 1 saturated heterocycles. The van der Waals surface area contributed by atoms with Crippen LogP contribution < -0.4 is 10.0 Å². The number of nitrogens with zero attached hydrogens (tertiary/aromatic N) is 3. The molecule has 2 N–H and O–H groups in total. The quantitative estimate of drug-likeness (QED) is 0.616. The van der Waals surface area contributed by atoms with E-state index in [0.29, 0.717) is 18.8 Å². The Morgan fingerprint density at radius 2 is 1.77 bits per heavy atom. The fraction of sp³-hybridized carbons (Fsp3) is 0.647. The average molecular weight is 382 g/mol. The van der Waals surface area contributed by atoms with Crippen LogP contribution in [0.5, 0.6) is 0 Å². The Labute approximate surface area is 154 Å². The third-order valence-electron chi connectivity index (χ3n) is 5.43. The maximum absolute atomic E-state index is 11.5. The first-order valence-electron chi connectivity index (χ1n) is 9.13. The van der Waals surface area contributed by atoms with Crippen molar-refractivity contribution in [3.8, 4) is 0 Å². The highest BCUT2D eigenvalue weighted by Gasteiger charge is 2.27. The largest absolute Gasteiger partial charge is 0.363 e. The van der Waals surface area contributed by atoms with Crippen LogP contribution in [-0.2, 0) is 10.0 Å². The Morgan fingerprint density at radius 1 is 1.12 bits per heavy atom. The van der Waals surface area contributed by atoms with Crippen LogP contribution in [0.4, 0.5) is 11.4 Å². The Kier molecular flexibility index (Phi) is 5.79. The molecule has 0 spiro atoms. The van der Waals surface area contributed by atoms with E-state index < -0.39 is 14.9 Å². The van der Waals surface area contributed by atoms with Crippen molar-refractivity contribution in [2.75, 3.05) is 37.6 Å². The molecule has 0 aromatic heterocycles. The normalized spacial score (nSPS) is 20.3. The second-order valence-electron chi connectivity index (χ2n) is 7.24. The highest BCUT2D eigenvalue weighted by atomic mass is 32.2. The molecule has 0 unspecified atom stereocenters. The summed E-state index contributed by atoms with van der Waals surface area (Å²) in [5, 5.41) is 16.5. The van der Waals surface area contributed by atoms with E-state index in [1.54, 1.807) is 0 Å². The fourth-order valence-electron chi connectivity index (χ4n) is 4.00. The maximum Gasteiger partial charge on any atom is 0.293 e. The van der Waals surface area contributed by atoms with Crippen molar-refractivity contribution in [3.05, 3.63) is 28.3 Å². The number of nitro benzene ring substituents is 1. The third-order valence-corrected chi connectivity index (χ3v) is 6.34. The van der Waals surface area contributed by atoms with Crippen LogP contribution in [0.3, 0.4) is 0 Å². The highest BCUT2D eigenvalue weighted by molar-refractivity contribution is 7.89. The molecule has 1 heterocycles. The van der Waals surface area contributed by atoms with Gasteiger partial charge in [-0.1, -0.05) is 19.3 Å². The first kappa shape index (κ1) is 19.1. The SMILES string of the molecule is NS(=O)(=O)c1ccc(N2CCN(CC3CCCCC3)CC2)c([N+](=O)[O-])c1. The molecule has 1 aliphatic carbocycles. The summed E-state index contributed by atoms with van der Waals surface area (Å²) in [6, 6.07) is 3.89. The number of primary sulfonamides is 1. The van der Waals surface area contributed by atoms with Crippen LogP contribution >= 0.6 is 0 Å². The molecule has 144 valence electrons. The van der Waals surface area contributed by atoms with Gasteiger partial charge in [0, 0.05) is 38.8 Å². The van der Waals surface area contributed by atoms with Gasteiger partial charge in [0.2, 0.25) is 10.0 Å². The molecule has 26 heavy (non-hydrogen) atoms. The van der Waals surface area contributed by atoms with Crippen molar-refractivity contribution < 1.29 is 13.3 Å². The van der Waals surface area contributed by atoms with E-state index in [9.17, 15) is 18.5 Å². The second kappa shape index (κ2) is 7.89. The first-order valence-corrected chi connectivity index (χ1v) is 10.7. The summed E-state index contributed by atoms with van der Waals surface area (Å²) < 4.78 is 22.9. The highest BCUT2D eigenvalue weighted by Crippen LogP contribution is 2.31. The number of rotatable bonds is 5. The summed E-state index contributed by atoms with van der Waals surface area (Å²) in [4.78, 5) is 15.0. The van der Waals surface area contributed by atoms with Crippen LogP contribution in [0, 0.1) is 16.0 Å². The van der Waals surface area contributed by atoms with E-state index in [2.05, 4.69) is 4.90 Å². The van der Waals surface area contributed by atoms with Gasteiger partial charge in [0.25, 0.3) is 5.69 Å². The summed E-state index contributed by atoms with van der Waals surface area (Å²) in [6.45, 7) is 4.24. The van der Waals surface area contributed by atoms with Crippen LogP contribution in [0.1, 0.15) is 32.1 Å². The number of piperazine rings is 1. The standard InChI is InChI=1S/C17H26N4O4S/c18-26(24,25)15-6-7-16(17(12-15)21(22)23)20-10-8-19(9-11-20)13-14-4-2-1-3-5-14/h6-7,12,14H,1-5,8-11,13H2,(H2,18,24,25). The zero-order valence-corrected chi connectivity index (χ0v) is 15.7. The molecule has 3 rings (SSSR count). The van der Waals surface area contributed by atoms with E-state index in [-0.39, 0.29) is 10.6 Å². The second-order valence-corrected chi connectivity index (χ2v) is 8.81. The summed E-state index contributed by atoms with van der Waals surface area (Å²) >= 11 is 0. The Morgan fingerprint density at radius 3 is 2.35 bits per heavy atom. The molecule has 8 nitrogen and oxygen atoms in total. The van der Waals surface area contributed by atoms with Gasteiger partial charge in [-0.25, -0.2) is 13.6 Å². The van der Waals surface area contributed by atoms with Crippen molar-refractivity contribution >= 4 is 21.4 Å². The predicted octanol–water partition coefficient (Wildman–Crippen LogP) is 1.94. The van der Waals surface area contributed by atoms with Gasteiger partial charge in [0.1, 0.15) is 5.69 Å². The van der Waals surface area contributed by atoms with E-state index in [4.69, 9.17) is 5.14 Å². The number of nitro groups is 1.